The van der Waals surface area contributed by atoms with Gasteiger partial charge < -0.3 is 5.32 Å². The van der Waals surface area contributed by atoms with Gasteiger partial charge in [0.2, 0.25) is 0 Å². The van der Waals surface area contributed by atoms with Crippen LogP contribution in [0.5, 0.6) is 0 Å². The van der Waals surface area contributed by atoms with Crippen molar-refractivity contribution < 1.29 is 9.18 Å². The van der Waals surface area contributed by atoms with Crippen LogP contribution in [0.3, 0.4) is 0 Å². The van der Waals surface area contributed by atoms with Crippen LogP contribution in [0.15, 0.2) is 42.5 Å². The molecule has 21 heavy (non-hydrogen) atoms. The summed E-state index contributed by atoms with van der Waals surface area (Å²) in [6.45, 7) is 3.52. The molecule has 0 aliphatic rings. The zero-order valence-electron chi connectivity index (χ0n) is 12.0. The topological polar surface area (TPSA) is 29.1 Å². The summed E-state index contributed by atoms with van der Waals surface area (Å²) in [5.41, 5.74) is 1.57. The number of carbonyl (C=O) groups is 1. The maximum Gasteiger partial charge on any atom is 0.254 e. The minimum atomic E-state index is -0.468. The van der Waals surface area contributed by atoms with Crippen LogP contribution in [0, 0.1) is 12.7 Å². The van der Waals surface area contributed by atoms with Gasteiger partial charge in [-0.05, 0) is 49.6 Å². The Bertz CT molecular complexity index is 657. The van der Waals surface area contributed by atoms with Gasteiger partial charge in [0, 0.05) is 11.1 Å². The number of carbonyl (C=O) groups excluding carboxylic acids is 1. The summed E-state index contributed by atoms with van der Waals surface area (Å²) < 4.78 is 13.9. The van der Waals surface area contributed by atoms with Crippen molar-refractivity contribution in [2.45, 2.75) is 26.3 Å². The summed E-state index contributed by atoms with van der Waals surface area (Å²) in [4.78, 5) is 12.1. The van der Waals surface area contributed by atoms with E-state index in [1.165, 1.54) is 6.07 Å². The molecule has 0 saturated carbocycles. The lowest BCUT2D eigenvalue weighted by Crippen LogP contribution is -2.34. The highest BCUT2D eigenvalue weighted by Gasteiger charge is 2.15. The molecule has 110 valence electrons. The van der Waals surface area contributed by atoms with Crippen molar-refractivity contribution in [2.24, 2.45) is 0 Å². The standard InChI is InChI=1S/C17H17ClFNO/c1-11-5-3-8-15(16(11)19)17(21)20-12(2)9-13-6-4-7-14(18)10-13/h3-8,10,12H,9H2,1-2H3,(H,20,21). The van der Waals surface area contributed by atoms with E-state index in [2.05, 4.69) is 5.32 Å². The molecule has 2 aromatic carbocycles. The summed E-state index contributed by atoms with van der Waals surface area (Å²) in [6, 6.07) is 12.2. The number of amides is 1. The van der Waals surface area contributed by atoms with Gasteiger partial charge in [0.15, 0.2) is 0 Å². The van der Waals surface area contributed by atoms with Crippen molar-refractivity contribution in [3.63, 3.8) is 0 Å². The van der Waals surface area contributed by atoms with Crippen LogP contribution in [-0.4, -0.2) is 11.9 Å². The monoisotopic (exact) mass is 305 g/mol. The number of benzene rings is 2. The molecule has 0 aliphatic carbocycles. The predicted molar refractivity (Wildman–Crippen MR) is 83.2 cm³/mol. The SMILES string of the molecule is Cc1cccc(C(=O)NC(C)Cc2cccc(Cl)c2)c1F. The Labute approximate surface area is 128 Å². The molecule has 0 saturated heterocycles. The number of aryl methyl sites for hydroxylation is 1. The minimum absolute atomic E-state index is 0.0768. The van der Waals surface area contributed by atoms with Crippen LogP contribution in [0.4, 0.5) is 4.39 Å². The smallest absolute Gasteiger partial charge is 0.254 e. The normalized spacial score (nSPS) is 12.0. The molecule has 1 N–H and O–H groups in total. The van der Waals surface area contributed by atoms with Gasteiger partial charge in [-0.2, -0.15) is 0 Å². The van der Waals surface area contributed by atoms with Gasteiger partial charge in [0.1, 0.15) is 5.82 Å². The van der Waals surface area contributed by atoms with E-state index in [-0.39, 0.29) is 11.6 Å². The molecule has 1 unspecified atom stereocenters. The first-order valence-corrected chi connectivity index (χ1v) is 7.15. The number of halogens is 2. The summed E-state index contributed by atoms with van der Waals surface area (Å²) in [5, 5.41) is 3.47. The lowest BCUT2D eigenvalue weighted by atomic mass is 10.1. The number of nitrogens with one attached hydrogen (secondary N) is 1. The van der Waals surface area contributed by atoms with Crippen molar-refractivity contribution in [1.29, 1.82) is 0 Å². The zero-order valence-corrected chi connectivity index (χ0v) is 12.7. The molecule has 2 aromatic rings. The van der Waals surface area contributed by atoms with E-state index in [4.69, 9.17) is 11.6 Å². The fourth-order valence-electron chi connectivity index (χ4n) is 2.19. The first kappa shape index (κ1) is 15.5. The molecule has 0 bridgehead atoms. The van der Waals surface area contributed by atoms with Gasteiger partial charge in [-0.3, -0.25) is 4.79 Å². The second-order valence-corrected chi connectivity index (χ2v) is 5.58. The molecule has 0 fully saturated rings. The fraction of sp³-hybridized carbons (Fsp3) is 0.235. The van der Waals surface area contributed by atoms with Crippen LogP contribution < -0.4 is 5.32 Å². The number of hydrogen-bond acceptors (Lipinski definition) is 1. The molecule has 0 aliphatic heterocycles. The maximum absolute atomic E-state index is 13.9. The first-order valence-electron chi connectivity index (χ1n) is 6.78. The summed E-state index contributed by atoms with van der Waals surface area (Å²) >= 11 is 5.93. The van der Waals surface area contributed by atoms with Crippen LogP contribution in [0.25, 0.3) is 0 Å². The van der Waals surface area contributed by atoms with Crippen LogP contribution in [0.2, 0.25) is 5.02 Å². The highest BCUT2D eigenvalue weighted by atomic mass is 35.5. The average molecular weight is 306 g/mol. The Morgan fingerprint density at radius 1 is 1.29 bits per heavy atom. The molecular weight excluding hydrogens is 289 g/mol. The van der Waals surface area contributed by atoms with E-state index >= 15 is 0 Å². The van der Waals surface area contributed by atoms with Crippen molar-refractivity contribution in [2.75, 3.05) is 0 Å². The Morgan fingerprint density at radius 2 is 2.00 bits per heavy atom. The second kappa shape index (κ2) is 6.72. The van der Waals surface area contributed by atoms with Gasteiger partial charge in [0.25, 0.3) is 5.91 Å². The highest BCUT2D eigenvalue weighted by molar-refractivity contribution is 6.30. The van der Waals surface area contributed by atoms with E-state index in [9.17, 15) is 9.18 Å². The highest BCUT2D eigenvalue weighted by Crippen LogP contribution is 2.14. The Kier molecular flexibility index (Phi) is 4.97. The third-order valence-electron chi connectivity index (χ3n) is 3.24. The summed E-state index contributed by atoms with van der Waals surface area (Å²) in [7, 11) is 0. The van der Waals surface area contributed by atoms with E-state index in [1.807, 2.05) is 25.1 Å². The van der Waals surface area contributed by atoms with Gasteiger partial charge in [-0.25, -0.2) is 4.39 Å². The second-order valence-electron chi connectivity index (χ2n) is 5.15. The van der Waals surface area contributed by atoms with Gasteiger partial charge in [-0.1, -0.05) is 35.9 Å². The van der Waals surface area contributed by atoms with Crippen molar-refractivity contribution in [3.05, 3.63) is 70.0 Å². The van der Waals surface area contributed by atoms with Crippen LogP contribution >= 0.6 is 11.6 Å². The Hall–Kier alpha value is -1.87. The molecule has 0 heterocycles. The van der Waals surface area contributed by atoms with Gasteiger partial charge in [0.05, 0.1) is 5.56 Å². The maximum atomic E-state index is 13.9. The Morgan fingerprint density at radius 3 is 2.71 bits per heavy atom. The number of rotatable bonds is 4. The number of hydrogen-bond donors (Lipinski definition) is 1. The molecule has 2 nitrogen and oxygen atoms in total. The molecule has 0 aromatic heterocycles. The average Bonchev–Trinajstić information content (AvgIpc) is 2.41. The summed E-state index contributed by atoms with van der Waals surface area (Å²) in [6.07, 6.45) is 0.639. The van der Waals surface area contributed by atoms with Crippen molar-refractivity contribution >= 4 is 17.5 Å². The van der Waals surface area contributed by atoms with Gasteiger partial charge in [-0.15, -0.1) is 0 Å². The lowest BCUT2D eigenvalue weighted by Gasteiger charge is -2.15. The molecule has 0 spiro atoms. The van der Waals surface area contributed by atoms with Crippen molar-refractivity contribution in [3.8, 4) is 0 Å². The Balaban J connectivity index is 2.04. The van der Waals surface area contributed by atoms with E-state index in [0.29, 0.717) is 17.0 Å². The van der Waals surface area contributed by atoms with Gasteiger partial charge >= 0.3 is 0 Å². The molecule has 1 atom stereocenters. The summed E-state index contributed by atoms with van der Waals surface area (Å²) in [5.74, 6) is -0.865. The lowest BCUT2D eigenvalue weighted by molar-refractivity contribution is 0.0936. The van der Waals surface area contributed by atoms with E-state index in [0.717, 1.165) is 5.56 Å². The molecule has 2 rings (SSSR count). The third kappa shape index (κ3) is 4.05. The predicted octanol–water partition coefficient (Wildman–Crippen LogP) is 4.15. The largest absolute Gasteiger partial charge is 0.349 e. The molecule has 1 amide bonds. The van der Waals surface area contributed by atoms with Crippen molar-refractivity contribution in [1.82, 2.24) is 5.32 Å². The molecule has 0 radical (unpaired) electrons. The van der Waals surface area contributed by atoms with Crippen LogP contribution in [0.1, 0.15) is 28.4 Å². The molecular formula is C17H17ClFNO. The van der Waals surface area contributed by atoms with E-state index in [1.54, 1.807) is 25.1 Å². The minimum Gasteiger partial charge on any atom is -0.349 e. The van der Waals surface area contributed by atoms with Crippen LogP contribution in [-0.2, 0) is 6.42 Å². The zero-order chi connectivity index (χ0) is 15.4. The quantitative estimate of drug-likeness (QED) is 0.903. The molecule has 4 heteroatoms. The third-order valence-corrected chi connectivity index (χ3v) is 3.48. The van der Waals surface area contributed by atoms with E-state index < -0.39 is 11.7 Å². The first-order chi connectivity index (χ1) is 9.97. The fourth-order valence-corrected chi connectivity index (χ4v) is 2.41.